The normalized spacial score (nSPS) is 17.3. The molecule has 1 saturated heterocycles. The van der Waals surface area contributed by atoms with E-state index in [0.29, 0.717) is 11.8 Å². The highest BCUT2D eigenvalue weighted by molar-refractivity contribution is 8.18. The van der Waals surface area contributed by atoms with E-state index in [1.165, 1.54) is 39.4 Å². The van der Waals surface area contributed by atoms with Gasteiger partial charge in [0, 0.05) is 16.7 Å². The Morgan fingerprint density at radius 2 is 2.04 bits per heavy atom. The zero-order valence-electron chi connectivity index (χ0n) is 13.0. The number of imide groups is 1. The quantitative estimate of drug-likeness (QED) is 0.642. The third-order valence-corrected chi connectivity index (χ3v) is 4.43. The fourth-order valence-electron chi connectivity index (χ4n) is 2.09. The Morgan fingerprint density at radius 1 is 1.38 bits per heavy atom. The number of phenols is 1. The first-order chi connectivity index (χ1) is 11.3. The average Bonchev–Trinajstić information content (AvgIpc) is 2.82. The number of esters is 1. The smallest absolute Gasteiger partial charge is 0.328 e. The number of hydrogen-bond acceptors (Lipinski definition) is 7. The number of methoxy groups -OCH3 is 2. The summed E-state index contributed by atoms with van der Waals surface area (Å²) in [7, 11) is 2.53. The van der Waals surface area contributed by atoms with Crippen molar-refractivity contribution in [3.63, 3.8) is 0 Å². The molecule has 9 heteroatoms. The predicted octanol–water partition coefficient (Wildman–Crippen LogP) is 2.65. The van der Waals surface area contributed by atoms with E-state index >= 15 is 0 Å². The number of nitrogens with zero attached hydrogens (tertiary/aromatic N) is 1. The molecule has 0 aliphatic carbocycles. The second kappa shape index (κ2) is 7.14. The van der Waals surface area contributed by atoms with Crippen LogP contribution < -0.4 is 4.74 Å². The van der Waals surface area contributed by atoms with Crippen molar-refractivity contribution < 1.29 is 29.0 Å². The summed E-state index contributed by atoms with van der Waals surface area (Å²) < 4.78 is 9.54. The van der Waals surface area contributed by atoms with Crippen molar-refractivity contribution in [3.8, 4) is 11.5 Å². The molecular formula is C15H14ClNO6S. The lowest BCUT2D eigenvalue weighted by molar-refractivity contribution is -0.148. The standard InChI is InChI=1S/C15H14ClNO6S/c1-7(14(20)23-3)17-13(19)11(24-15(17)21)5-8-4-9(16)6-10(22-2)12(8)18/h4-7,18H,1-3H3/b11-5+. The molecule has 1 fully saturated rings. The molecule has 1 unspecified atom stereocenters. The lowest BCUT2D eigenvalue weighted by atomic mass is 10.1. The Kier molecular flexibility index (Phi) is 5.40. The molecule has 7 nitrogen and oxygen atoms in total. The van der Waals surface area contributed by atoms with Crippen molar-refractivity contribution in [2.75, 3.05) is 14.2 Å². The van der Waals surface area contributed by atoms with E-state index in [1.807, 2.05) is 0 Å². The molecule has 0 saturated carbocycles. The summed E-state index contributed by atoms with van der Waals surface area (Å²) in [5.41, 5.74) is 0.218. The van der Waals surface area contributed by atoms with Gasteiger partial charge in [0.05, 0.1) is 19.1 Å². The van der Waals surface area contributed by atoms with Crippen LogP contribution in [0.5, 0.6) is 11.5 Å². The van der Waals surface area contributed by atoms with Crippen LogP contribution in [0.3, 0.4) is 0 Å². The minimum absolute atomic E-state index is 0.0513. The molecule has 1 heterocycles. The third kappa shape index (κ3) is 3.34. The van der Waals surface area contributed by atoms with Crippen molar-refractivity contribution in [3.05, 3.63) is 27.6 Å². The monoisotopic (exact) mass is 371 g/mol. The van der Waals surface area contributed by atoms with E-state index in [-0.39, 0.29) is 27.0 Å². The van der Waals surface area contributed by atoms with Crippen LogP contribution in [0.1, 0.15) is 12.5 Å². The Labute approximate surface area is 147 Å². The van der Waals surface area contributed by atoms with Gasteiger partial charge in [0.1, 0.15) is 6.04 Å². The van der Waals surface area contributed by atoms with E-state index in [4.69, 9.17) is 16.3 Å². The van der Waals surface area contributed by atoms with Gasteiger partial charge in [-0.1, -0.05) is 11.6 Å². The molecule has 0 bridgehead atoms. The topological polar surface area (TPSA) is 93.1 Å². The number of hydrogen-bond donors (Lipinski definition) is 1. The van der Waals surface area contributed by atoms with Crippen LogP contribution >= 0.6 is 23.4 Å². The van der Waals surface area contributed by atoms with Gasteiger partial charge in [-0.05, 0) is 30.8 Å². The van der Waals surface area contributed by atoms with Gasteiger partial charge in [0.25, 0.3) is 11.1 Å². The van der Waals surface area contributed by atoms with Gasteiger partial charge >= 0.3 is 5.97 Å². The maximum Gasteiger partial charge on any atom is 0.328 e. The van der Waals surface area contributed by atoms with Crippen molar-refractivity contribution in [1.29, 1.82) is 0 Å². The number of carbonyl (C=O) groups is 3. The highest BCUT2D eigenvalue weighted by Gasteiger charge is 2.41. The Balaban J connectivity index is 2.39. The van der Waals surface area contributed by atoms with E-state index in [1.54, 1.807) is 0 Å². The zero-order valence-corrected chi connectivity index (χ0v) is 14.6. The zero-order chi connectivity index (χ0) is 18.0. The molecular weight excluding hydrogens is 358 g/mol. The first-order valence-corrected chi connectivity index (χ1v) is 7.91. The van der Waals surface area contributed by atoms with Gasteiger partial charge < -0.3 is 14.6 Å². The molecule has 1 aliphatic rings. The summed E-state index contributed by atoms with van der Waals surface area (Å²) in [4.78, 5) is 36.8. The molecule has 1 atom stereocenters. The number of halogens is 1. The molecule has 0 radical (unpaired) electrons. The second-order valence-corrected chi connectivity index (χ2v) is 6.23. The molecule has 0 aromatic heterocycles. The minimum atomic E-state index is -1.05. The molecule has 1 N–H and O–H groups in total. The number of benzene rings is 1. The lowest BCUT2D eigenvalue weighted by Gasteiger charge is -2.18. The van der Waals surface area contributed by atoms with Crippen molar-refractivity contribution >= 4 is 46.6 Å². The van der Waals surface area contributed by atoms with E-state index < -0.39 is 23.2 Å². The van der Waals surface area contributed by atoms with Crippen LogP contribution in [-0.4, -0.2) is 47.4 Å². The SMILES string of the molecule is COC(=O)C(C)N1C(=O)S/C(=C/c2cc(Cl)cc(OC)c2O)C1=O. The number of phenolic OH excluding ortho intramolecular Hbond substituents is 1. The van der Waals surface area contributed by atoms with Crippen LogP contribution in [0.4, 0.5) is 4.79 Å². The van der Waals surface area contributed by atoms with Crippen molar-refractivity contribution in [2.24, 2.45) is 0 Å². The van der Waals surface area contributed by atoms with E-state index in [9.17, 15) is 19.5 Å². The molecule has 1 aromatic rings. The summed E-state index contributed by atoms with van der Waals surface area (Å²) in [6.07, 6.45) is 1.32. The lowest BCUT2D eigenvalue weighted by Crippen LogP contribution is -2.42. The van der Waals surface area contributed by atoms with Gasteiger partial charge in [-0.2, -0.15) is 0 Å². The molecule has 128 valence electrons. The molecule has 24 heavy (non-hydrogen) atoms. The van der Waals surface area contributed by atoms with E-state index in [0.717, 1.165) is 4.90 Å². The number of ether oxygens (including phenoxy) is 2. The summed E-state index contributed by atoms with van der Waals surface area (Å²) in [6, 6.07) is 1.80. The van der Waals surface area contributed by atoms with Crippen molar-refractivity contribution in [2.45, 2.75) is 13.0 Å². The maximum absolute atomic E-state index is 12.4. The first kappa shape index (κ1) is 18.2. The summed E-state index contributed by atoms with van der Waals surface area (Å²) >= 11 is 6.60. The number of rotatable bonds is 4. The molecule has 2 amide bonds. The summed E-state index contributed by atoms with van der Waals surface area (Å²) in [5, 5.41) is 9.80. The maximum atomic E-state index is 12.4. The van der Waals surface area contributed by atoms with Gasteiger partial charge in [0.2, 0.25) is 0 Å². The van der Waals surface area contributed by atoms with Crippen LogP contribution in [-0.2, 0) is 14.3 Å². The minimum Gasteiger partial charge on any atom is -0.504 e. The van der Waals surface area contributed by atoms with Gasteiger partial charge in [-0.15, -0.1) is 0 Å². The van der Waals surface area contributed by atoms with Crippen LogP contribution in [0.25, 0.3) is 6.08 Å². The summed E-state index contributed by atoms with van der Waals surface area (Å²) in [5.74, 6) is -1.43. The molecule has 2 rings (SSSR count). The molecule has 1 aliphatic heterocycles. The van der Waals surface area contributed by atoms with Crippen molar-refractivity contribution in [1.82, 2.24) is 4.90 Å². The number of thioether (sulfide) groups is 1. The van der Waals surface area contributed by atoms with Gasteiger partial charge in [-0.3, -0.25) is 14.5 Å². The van der Waals surface area contributed by atoms with Crippen LogP contribution in [0.15, 0.2) is 17.0 Å². The highest BCUT2D eigenvalue weighted by Crippen LogP contribution is 2.39. The summed E-state index contributed by atoms with van der Waals surface area (Å²) in [6.45, 7) is 1.39. The highest BCUT2D eigenvalue weighted by atomic mass is 35.5. The van der Waals surface area contributed by atoms with Crippen LogP contribution in [0.2, 0.25) is 5.02 Å². The third-order valence-electron chi connectivity index (χ3n) is 3.33. The number of amides is 2. The van der Waals surface area contributed by atoms with Crippen LogP contribution in [0, 0.1) is 0 Å². The first-order valence-electron chi connectivity index (χ1n) is 6.71. The fraction of sp³-hybridized carbons (Fsp3) is 0.267. The molecule has 1 aromatic carbocycles. The van der Waals surface area contributed by atoms with E-state index in [2.05, 4.69) is 4.74 Å². The Bertz CT molecular complexity index is 748. The second-order valence-electron chi connectivity index (χ2n) is 4.80. The number of aromatic hydroxyl groups is 1. The van der Waals surface area contributed by atoms with Gasteiger partial charge in [-0.25, -0.2) is 4.79 Å². The molecule has 0 spiro atoms. The number of carbonyl (C=O) groups excluding carboxylic acids is 3. The predicted molar refractivity (Wildman–Crippen MR) is 89.0 cm³/mol. The fourth-order valence-corrected chi connectivity index (χ4v) is 3.21. The average molecular weight is 372 g/mol. The Hall–Kier alpha value is -2.19. The largest absolute Gasteiger partial charge is 0.504 e. The van der Waals surface area contributed by atoms with Gasteiger partial charge in [0.15, 0.2) is 11.5 Å². The Morgan fingerprint density at radius 3 is 2.62 bits per heavy atom.